The van der Waals surface area contributed by atoms with Crippen LogP contribution < -0.4 is 14.8 Å². The summed E-state index contributed by atoms with van der Waals surface area (Å²) in [7, 11) is 3.33. The van der Waals surface area contributed by atoms with Gasteiger partial charge in [-0.15, -0.1) is 0 Å². The minimum absolute atomic E-state index is 0.139. The number of carbonyl (C=O) groups excluding carboxylic acids is 1. The fraction of sp³-hybridized carbons (Fsp3) is 0.333. The molecule has 6 heteroatoms. The monoisotopic (exact) mass is 329 g/mol. The molecule has 0 aliphatic rings. The van der Waals surface area contributed by atoms with E-state index in [1.54, 1.807) is 31.3 Å². The molecule has 0 spiro atoms. The number of benzene rings is 1. The molecule has 24 heavy (non-hydrogen) atoms. The summed E-state index contributed by atoms with van der Waals surface area (Å²) in [6.07, 6.45) is 1.69. The van der Waals surface area contributed by atoms with Crippen molar-refractivity contribution >= 4 is 6.03 Å². The summed E-state index contributed by atoms with van der Waals surface area (Å²) in [5.74, 6) is 1.39. The Balaban J connectivity index is 1.82. The summed E-state index contributed by atoms with van der Waals surface area (Å²) in [6, 6.07) is 11.2. The maximum atomic E-state index is 12.2. The summed E-state index contributed by atoms with van der Waals surface area (Å²) in [4.78, 5) is 17.9. The van der Waals surface area contributed by atoms with Crippen LogP contribution in [-0.4, -0.2) is 36.7 Å². The summed E-state index contributed by atoms with van der Waals surface area (Å²) < 4.78 is 10.4. The Labute approximate surface area is 142 Å². The van der Waals surface area contributed by atoms with Crippen LogP contribution in [0.5, 0.6) is 11.6 Å². The van der Waals surface area contributed by atoms with Gasteiger partial charge in [0.25, 0.3) is 0 Å². The smallest absolute Gasteiger partial charge is 0.317 e. The number of methoxy groups -OCH3 is 1. The average Bonchev–Trinajstić information content (AvgIpc) is 2.62. The highest BCUT2D eigenvalue weighted by atomic mass is 16.5. The molecule has 2 rings (SSSR count). The molecule has 2 aromatic rings. The maximum Gasteiger partial charge on any atom is 0.317 e. The normalized spacial score (nSPS) is 10.1. The van der Waals surface area contributed by atoms with Gasteiger partial charge in [0.2, 0.25) is 5.88 Å². The summed E-state index contributed by atoms with van der Waals surface area (Å²) in [5, 5.41) is 2.87. The van der Waals surface area contributed by atoms with E-state index in [0.29, 0.717) is 25.6 Å². The third-order valence-corrected chi connectivity index (χ3v) is 3.45. The fourth-order valence-corrected chi connectivity index (χ4v) is 2.15. The molecule has 0 bridgehead atoms. The van der Waals surface area contributed by atoms with Crippen molar-refractivity contribution in [3.63, 3.8) is 0 Å². The quantitative estimate of drug-likeness (QED) is 0.848. The SMILES string of the molecule is CCOc1ccc(CN(C)C(=O)NCc2ccc(OC)nc2)cc1. The van der Waals surface area contributed by atoms with E-state index >= 15 is 0 Å². The molecule has 1 N–H and O–H groups in total. The Bertz CT molecular complexity index is 642. The van der Waals surface area contributed by atoms with Crippen LogP contribution in [0.25, 0.3) is 0 Å². The number of hydrogen-bond donors (Lipinski definition) is 1. The number of aromatic nitrogens is 1. The lowest BCUT2D eigenvalue weighted by Crippen LogP contribution is -2.36. The van der Waals surface area contributed by atoms with Gasteiger partial charge in [0, 0.05) is 32.4 Å². The number of carbonyl (C=O) groups is 1. The third-order valence-electron chi connectivity index (χ3n) is 3.45. The standard InChI is InChI=1S/C18H23N3O3/c1-4-24-16-8-5-14(6-9-16)13-21(2)18(22)20-12-15-7-10-17(23-3)19-11-15/h5-11H,4,12-13H2,1-3H3,(H,20,22). The van der Waals surface area contributed by atoms with Gasteiger partial charge >= 0.3 is 6.03 Å². The molecule has 1 heterocycles. The van der Waals surface area contributed by atoms with Gasteiger partial charge in [-0.1, -0.05) is 18.2 Å². The molecule has 0 fully saturated rings. The van der Waals surface area contributed by atoms with Crippen molar-refractivity contribution < 1.29 is 14.3 Å². The highest BCUT2D eigenvalue weighted by Gasteiger charge is 2.09. The Morgan fingerprint density at radius 3 is 2.46 bits per heavy atom. The minimum atomic E-state index is -0.139. The first kappa shape index (κ1) is 17.6. The minimum Gasteiger partial charge on any atom is -0.494 e. The first-order chi connectivity index (χ1) is 11.6. The van der Waals surface area contributed by atoms with E-state index < -0.39 is 0 Å². The first-order valence-corrected chi connectivity index (χ1v) is 7.82. The second-order valence-electron chi connectivity index (χ2n) is 5.30. The van der Waals surface area contributed by atoms with Gasteiger partial charge in [-0.05, 0) is 30.2 Å². The second kappa shape index (κ2) is 8.76. The van der Waals surface area contributed by atoms with E-state index in [9.17, 15) is 4.79 Å². The van der Waals surface area contributed by atoms with Gasteiger partial charge in [0.1, 0.15) is 5.75 Å². The zero-order chi connectivity index (χ0) is 17.4. The Kier molecular flexibility index (Phi) is 6.42. The summed E-state index contributed by atoms with van der Waals surface area (Å²) in [6.45, 7) is 3.54. The van der Waals surface area contributed by atoms with Gasteiger partial charge in [0.05, 0.1) is 13.7 Å². The van der Waals surface area contributed by atoms with Crippen LogP contribution in [0.1, 0.15) is 18.1 Å². The van der Waals surface area contributed by atoms with Crippen molar-refractivity contribution in [3.8, 4) is 11.6 Å². The second-order valence-corrected chi connectivity index (χ2v) is 5.30. The Morgan fingerprint density at radius 1 is 1.17 bits per heavy atom. The van der Waals surface area contributed by atoms with Crippen LogP contribution in [-0.2, 0) is 13.1 Å². The van der Waals surface area contributed by atoms with Crippen molar-refractivity contribution in [1.82, 2.24) is 15.2 Å². The van der Waals surface area contributed by atoms with Crippen LogP contribution in [0.3, 0.4) is 0 Å². The number of urea groups is 1. The molecule has 2 amide bonds. The Morgan fingerprint density at radius 2 is 1.88 bits per heavy atom. The molecule has 0 saturated heterocycles. The maximum absolute atomic E-state index is 12.2. The molecule has 1 aromatic heterocycles. The number of amides is 2. The molecule has 1 aromatic carbocycles. The number of ether oxygens (including phenoxy) is 2. The number of rotatable bonds is 7. The van der Waals surface area contributed by atoms with Crippen molar-refractivity contribution in [1.29, 1.82) is 0 Å². The Hall–Kier alpha value is -2.76. The van der Waals surface area contributed by atoms with E-state index in [2.05, 4.69) is 10.3 Å². The van der Waals surface area contributed by atoms with Crippen LogP contribution in [0.2, 0.25) is 0 Å². The predicted octanol–water partition coefficient (Wildman–Crippen LogP) is 2.83. The summed E-state index contributed by atoms with van der Waals surface area (Å²) in [5.41, 5.74) is 1.96. The van der Waals surface area contributed by atoms with Crippen molar-refractivity contribution in [2.45, 2.75) is 20.0 Å². The van der Waals surface area contributed by atoms with E-state index in [0.717, 1.165) is 16.9 Å². The molecule has 6 nitrogen and oxygen atoms in total. The zero-order valence-corrected chi connectivity index (χ0v) is 14.3. The van der Waals surface area contributed by atoms with E-state index in [1.807, 2.05) is 37.3 Å². The molecule has 0 aliphatic heterocycles. The van der Waals surface area contributed by atoms with Gasteiger partial charge in [0.15, 0.2) is 0 Å². The molecule has 0 aliphatic carbocycles. The van der Waals surface area contributed by atoms with Crippen LogP contribution >= 0.6 is 0 Å². The highest BCUT2D eigenvalue weighted by Crippen LogP contribution is 2.13. The van der Waals surface area contributed by atoms with Crippen LogP contribution in [0.15, 0.2) is 42.6 Å². The van der Waals surface area contributed by atoms with Gasteiger partial charge in [-0.3, -0.25) is 0 Å². The fourth-order valence-electron chi connectivity index (χ4n) is 2.15. The number of nitrogens with one attached hydrogen (secondary N) is 1. The number of pyridine rings is 1. The van der Waals surface area contributed by atoms with Crippen molar-refractivity contribution in [2.75, 3.05) is 20.8 Å². The first-order valence-electron chi connectivity index (χ1n) is 7.82. The van der Waals surface area contributed by atoms with Crippen LogP contribution in [0.4, 0.5) is 4.79 Å². The lowest BCUT2D eigenvalue weighted by molar-refractivity contribution is 0.206. The molecular formula is C18H23N3O3. The number of nitrogens with zero attached hydrogens (tertiary/aromatic N) is 2. The lowest BCUT2D eigenvalue weighted by Gasteiger charge is -2.18. The summed E-state index contributed by atoms with van der Waals surface area (Å²) >= 11 is 0. The van der Waals surface area contributed by atoms with E-state index in [4.69, 9.17) is 9.47 Å². The molecule has 0 radical (unpaired) electrons. The van der Waals surface area contributed by atoms with Gasteiger partial charge < -0.3 is 19.7 Å². The molecule has 0 atom stereocenters. The zero-order valence-electron chi connectivity index (χ0n) is 14.3. The van der Waals surface area contributed by atoms with Crippen molar-refractivity contribution in [3.05, 3.63) is 53.7 Å². The largest absolute Gasteiger partial charge is 0.494 e. The molecule has 0 saturated carbocycles. The lowest BCUT2D eigenvalue weighted by atomic mass is 10.2. The van der Waals surface area contributed by atoms with Gasteiger partial charge in [-0.2, -0.15) is 0 Å². The van der Waals surface area contributed by atoms with E-state index in [1.165, 1.54) is 0 Å². The average molecular weight is 329 g/mol. The predicted molar refractivity (Wildman–Crippen MR) is 92.1 cm³/mol. The molecule has 128 valence electrons. The molecule has 0 unspecified atom stereocenters. The van der Waals surface area contributed by atoms with E-state index in [-0.39, 0.29) is 6.03 Å². The van der Waals surface area contributed by atoms with Crippen LogP contribution in [0, 0.1) is 0 Å². The highest BCUT2D eigenvalue weighted by molar-refractivity contribution is 5.73. The van der Waals surface area contributed by atoms with Crippen molar-refractivity contribution in [2.24, 2.45) is 0 Å². The van der Waals surface area contributed by atoms with Gasteiger partial charge in [-0.25, -0.2) is 9.78 Å². The third kappa shape index (κ3) is 5.15. The topological polar surface area (TPSA) is 63.7 Å². The molecular weight excluding hydrogens is 306 g/mol. The number of hydrogen-bond acceptors (Lipinski definition) is 4.